The summed E-state index contributed by atoms with van der Waals surface area (Å²) < 4.78 is 16.9. The molecule has 0 bridgehead atoms. The standard InChI is InChI=1S/C33H40N6O2S3/c1-22(2)35-31(42)36-25-15-13-24(14-16-25)30-34-20-28(43-30)27-18-17-26(19-29(27)44(41)37-33(3,4)5)39(7)32(40)38(6)21-23-11-9-8-10-12-23/h8-20,22,37H,21H2,1-7H3,(H2,35,36,42). The fraction of sp³-hybridized carbons (Fsp3) is 0.303. The van der Waals surface area contributed by atoms with Crippen LogP contribution in [0.4, 0.5) is 16.2 Å². The number of hydrogen-bond donors (Lipinski definition) is 3. The quantitative estimate of drug-likeness (QED) is 0.130. The monoisotopic (exact) mass is 648 g/mol. The van der Waals surface area contributed by atoms with E-state index in [1.165, 1.54) is 11.3 Å². The third kappa shape index (κ3) is 9.02. The Morgan fingerprint density at radius 3 is 2.36 bits per heavy atom. The zero-order chi connectivity index (χ0) is 32.0. The normalized spacial score (nSPS) is 12.1. The Balaban J connectivity index is 1.59. The molecule has 0 spiro atoms. The summed E-state index contributed by atoms with van der Waals surface area (Å²) in [6, 6.07) is 23.5. The van der Waals surface area contributed by atoms with Crippen LogP contribution >= 0.6 is 23.6 Å². The van der Waals surface area contributed by atoms with Gasteiger partial charge >= 0.3 is 6.03 Å². The highest BCUT2D eigenvalue weighted by molar-refractivity contribution is 7.89. The van der Waals surface area contributed by atoms with Gasteiger partial charge in [-0.3, -0.25) is 4.90 Å². The molecule has 2 amide bonds. The molecule has 0 saturated carbocycles. The van der Waals surface area contributed by atoms with Crippen molar-refractivity contribution >= 4 is 57.4 Å². The van der Waals surface area contributed by atoms with Crippen molar-refractivity contribution in [2.24, 2.45) is 0 Å². The average Bonchev–Trinajstić information content (AvgIpc) is 3.46. The maximum atomic E-state index is 13.7. The number of thiazole rings is 1. The van der Waals surface area contributed by atoms with E-state index in [9.17, 15) is 9.35 Å². The summed E-state index contributed by atoms with van der Waals surface area (Å²) in [6.07, 6.45) is 1.81. The fourth-order valence-electron chi connectivity index (χ4n) is 4.36. The third-order valence-corrected chi connectivity index (χ3v) is 9.24. The number of rotatable bonds is 9. The molecule has 232 valence electrons. The van der Waals surface area contributed by atoms with Gasteiger partial charge in [0.1, 0.15) is 5.01 Å². The van der Waals surface area contributed by atoms with Gasteiger partial charge < -0.3 is 20.1 Å². The fourth-order valence-corrected chi connectivity index (χ4v) is 7.01. The number of carbonyl (C=O) groups excluding carboxylic acids is 1. The number of amides is 2. The molecule has 44 heavy (non-hydrogen) atoms. The van der Waals surface area contributed by atoms with Crippen LogP contribution in [0.15, 0.2) is 83.9 Å². The van der Waals surface area contributed by atoms with Crippen LogP contribution in [0, 0.1) is 0 Å². The van der Waals surface area contributed by atoms with Crippen LogP contribution in [0.2, 0.25) is 0 Å². The van der Waals surface area contributed by atoms with Crippen molar-refractivity contribution in [3.05, 3.63) is 84.6 Å². The van der Waals surface area contributed by atoms with Gasteiger partial charge in [0, 0.05) is 50.2 Å². The highest BCUT2D eigenvalue weighted by Crippen LogP contribution is 2.38. The van der Waals surface area contributed by atoms with E-state index in [1.54, 1.807) is 23.9 Å². The second-order valence-electron chi connectivity index (χ2n) is 11.8. The number of nitrogens with zero attached hydrogens (tertiary/aromatic N) is 3. The highest BCUT2D eigenvalue weighted by atomic mass is 32.2. The second-order valence-corrected chi connectivity index (χ2v) is 14.5. The number of carbonyl (C=O) groups is 1. The molecule has 0 fully saturated rings. The minimum atomic E-state index is -1.54. The summed E-state index contributed by atoms with van der Waals surface area (Å²) >= 11 is 5.33. The number of hydrogen-bond acceptors (Lipinski definition) is 6. The first-order valence-corrected chi connectivity index (χ1v) is 16.7. The summed E-state index contributed by atoms with van der Waals surface area (Å²) in [5.41, 5.74) is 3.95. The van der Waals surface area contributed by atoms with Crippen LogP contribution < -0.4 is 20.3 Å². The molecule has 11 heteroatoms. The maximum Gasteiger partial charge on any atom is 0.324 e. The molecule has 0 radical (unpaired) electrons. The molecule has 0 aliphatic rings. The Morgan fingerprint density at radius 1 is 1.05 bits per heavy atom. The Bertz CT molecular complexity index is 1570. The lowest BCUT2D eigenvalue weighted by atomic mass is 10.1. The highest BCUT2D eigenvalue weighted by Gasteiger charge is 2.27. The Kier molecular flexibility index (Phi) is 11.0. The summed E-state index contributed by atoms with van der Waals surface area (Å²) in [6.45, 7) is 10.5. The maximum absolute atomic E-state index is 13.7. The minimum Gasteiger partial charge on any atom is -0.593 e. The summed E-state index contributed by atoms with van der Waals surface area (Å²) in [7, 11) is 3.51. The van der Waals surface area contributed by atoms with E-state index >= 15 is 0 Å². The van der Waals surface area contributed by atoms with E-state index in [0.717, 1.165) is 32.3 Å². The molecule has 4 rings (SSSR count). The van der Waals surface area contributed by atoms with Crippen LogP contribution in [0.1, 0.15) is 40.2 Å². The summed E-state index contributed by atoms with van der Waals surface area (Å²) in [5, 5.41) is 7.79. The van der Waals surface area contributed by atoms with E-state index < -0.39 is 16.9 Å². The molecular weight excluding hydrogens is 609 g/mol. The first-order chi connectivity index (χ1) is 20.8. The topological polar surface area (TPSA) is 95.6 Å². The molecule has 8 nitrogen and oxygen atoms in total. The van der Waals surface area contributed by atoms with E-state index in [4.69, 9.17) is 12.2 Å². The number of nitrogens with one attached hydrogen (secondary N) is 3. The lowest BCUT2D eigenvalue weighted by Crippen LogP contribution is -2.41. The average molecular weight is 649 g/mol. The number of aromatic nitrogens is 1. The molecule has 3 aromatic carbocycles. The van der Waals surface area contributed by atoms with Crippen molar-refractivity contribution in [2.45, 2.75) is 57.6 Å². The molecule has 1 aromatic heterocycles. The SMILES string of the molecule is CC(C)NC(=S)Nc1ccc(-c2ncc(-c3ccc(N(C)C(=O)N(C)Cc4ccccc4)cc3[S+]([O-])NC(C)(C)C)s2)cc1. The van der Waals surface area contributed by atoms with Gasteiger partial charge in [-0.1, -0.05) is 30.3 Å². The van der Waals surface area contributed by atoms with Crippen LogP contribution in [0.5, 0.6) is 0 Å². The van der Waals surface area contributed by atoms with Gasteiger partial charge in [0.25, 0.3) is 0 Å². The molecule has 1 atom stereocenters. The molecule has 0 aliphatic heterocycles. The molecule has 1 unspecified atom stereocenters. The Labute approximate surface area is 273 Å². The number of benzene rings is 3. The predicted molar refractivity (Wildman–Crippen MR) is 188 cm³/mol. The smallest absolute Gasteiger partial charge is 0.324 e. The third-order valence-electron chi connectivity index (χ3n) is 6.41. The van der Waals surface area contributed by atoms with E-state index in [2.05, 4.69) is 20.3 Å². The molecule has 0 saturated heterocycles. The Morgan fingerprint density at radius 2 is 1.73 bits per heavy atom. The summed E-state index contributed by atoms with van der Waals surface area (Å²) in [5.74, 6) is 0. The van der Waals surface area contributed by atoms with Gasteiger partial charge in [-0.05, 0) is 88.8 Å². The number of urea groups is 1. The second kappa shape index (κ2) is 14.5. The van der Waals surface area contributed by atoms with Crippen LogP contribution in [0.25, 0.3) is 21.0 Å². The van der Waals surface area contributed by atoms with Crippen molar-refractivity contribution in [1.82, 2.24) is 19.9 Å². The van der Waals surface area contributed by atoms with Gasteiger partial charge in [0.2, 0.25) is 0 Å². The molecule has 1 heterocycles. The first-order valence-electron chi connectivity index (χ1n) is 14.3. The minimum absolute atomic E-state index is 0.166. The van der Waals surface area contributed by atoms with E-state index in [0.29, 0.717) is 22.2 Å². The van der Waals surface area contributed by atoms with Gasteiger partial charge in [0.15, 0.2) is 10.0 Å². The van der Waals surface area contributed by atoms with Gasteiger partial charge in [0.05, 0.1) is 33.0 Å². The molecule has 3 N–H and O–H groups in total. The van der Waals surface area contributed by atoms with Crippen LogP contribution in [-0.4, -0.2) is 51.3 Å². The number of thiocarbonyl (C=S) groups is 1. The number of anilines is 2. The van der Waals surface area contributed by atoms with Crippen molar-refractivity contribution in [1.29, 1.82) is 0 Å². The van der Waals surface area contributed by atoms with Crippen LogP contribution in [-0.2, 0) is 17.9 Å². The van der Waals surface area contributed by atoms with Gasteiger partial charge in [-0.2, -0.15) is 0 Å². The molecule has 0 aliphatic carbocycles. The van der Waals surface area contributed by atoms with E-state index in [-0.39, 0.29) is 12.1 Å². The summed E-state index contributed by atoms with van der Waals surface area (Å²) in [4.78, 5) is 22.7. The lowest BCUT2D eigenvalue weighted by Gasteiger charge is -2.27. The van der Waals surface area contributed by atoms with Crippen molar-refractivity contribution in [2.75, 3.05) is 24.3 Å². The molecular formula is C33H40N6O2S3. The van der Waals surface area contributed by atoms with E-state index in [1.807, 2.05) is 114 Å². The van der Waals surface area contributed by atoms with Crippen molar-refractivity contribution in [3.63, 3.8) is 0 Å². The first kappa shape index (κ1) is 33.4. The van der Waals surface area contributed by atoms with Crippen molar-refractivity contribution in [3.8, 4) is 21.0 Å². The predicted octanol–water partition coefficient (Wildman–Crippen LogP) is 7.27. The zero-order valence-electron chi connectivity index (χ0n) is 26.2. The van der Waals surface area contributed by atoms with Gasteiger partial charge in [-0.15, -0.1) is 16.1 Å². The molecule has 4 aromatic rings. The Hall–Kier alpha value is -3.48. The lowest BCUT2D eigenvalue weighted by molar-refractivity contribution is 0.215. The van der Waals surface area contributed by atoms with Crippen LogP contribution in [0.3, 0.4) is 0 Å². The zero-order valence-corrected chi connectivity index (χ0v) is 28.6. The van der Waals surface area contributed by atoms with Gasteiger partial charge in [-0.25, -0.2) is 9.78 Å². The largest absolute Gasteiger partial charge is 0.593 e. The van der Waals surface area contributed by atoms with Crippen molar-refractivity contribution < 1.29 is 9.35 Å².